The van der Waals surface area contributed by atoms with Crippen LogP contribution in [-0.2, 0) is 19.1 Å². The number of hydrogen-bond acceptors (Lipinski definition) is 8. The summed E-state index contributed by atoms with van der Waals surface area (Å²) < 4.78 is 5.05. The maximum atomic E-state index is 13.6. The zero-order valence-electron chi connectivity index (χ0n) is 22.5. The normalized spacial score (nSPS) is 12.9. The minimum atomic E-state index is -1.37. The second-order valence-electron chi connectivity index (χ2n) is 9.20. The van der Waals surface area contributed by atoms with Crippen molar-refractivity contribution in [1.82, 2.24) is 20.0 Å². The lowest BCUT2D eigenvalue weighted by molar-refractivity contribution is -0.145. The number of amides is 7. The molecule has 0 aromatic rings. The van der Waals surface area contributed by atoms with Crippen LogP contribution in [-0.4, -0.2) is 107 Å². The van der Waals surface area contributed by atoms with Crippen LogP contribution in [0.4, 0.5) is 9.59 Å². The number of rotatable bonds is 15. The Labute approximate surface area is 218 Å². The summed E-state index contributed by atoms with van der Waals surface area (Å²) in [5.74, 6) is -1.03. The molecule has 13 heteroatoms. The average molecular weight is 534 g/mol. The number of aliphatic hydroxyl groups is 1. The van der Waals surface area contributed by atoms with Gasteiger partial charge in [-0.2, -0.15) is 0 Å². The number of unbranched alkanes of at least 4 members (excludes halogenated alkanes) is 2. The second-order valence-corrected chi connectivity index (χ2v) is 10.4. The van der Waals surface area contributed by atoms with Crippen LogP contribution in [0.5, 0.6) is 0 Å². The predicted molar refractivity (Wildman–Crippen MR) is 138 cm³/mol. The van der Waals surface area contributed by atoms with E-state index in [1.54, 1.807) is 14.2 Å². The van der Waals surface area contributed by atoms with E-state index in [0.717, 1.165) is 31.2 Å². The smallest absolute Gasteiger partial charge is 0.331 e. The first-order valence-electron chi connectivity index (χ1n) is 11.9. The lowest BCUT2D eigenvalue weighted by Crippen LogP contribution is -2.57. The van der Waals surface area contributed by atoms with E-state index in [4.69, 9.17) is 10.5 Å². The van der Waals surface area contributed by atoms with Gasteiger partial charge in [0.15, 0.2) is 5.37 Å². The van der Waals surface area contributed by atoms with E-state index in [9.17, 15) is 29.1 Å². The molecule has 2 atom stereocenters. The van der Waals surface area contributed by atoms with Gasteiger partial charge < -0.3 is 25.4 Å². The van der Waals surface area contributed by atoms with Crippen molar-refractivity contribution in [3.63, 3.8) is 0 Å². The molecule has 0 unspecified atom stereocenters. The molecule has 0 radical (unpaired) electrons. The molecule has 0 saturated heterocycles. The van der Waals surface area contributed by atoms with E-state index in [1.807, 2.05) is 12.2 Å². The zero-order chi connectivity index (χ0) is 28.1. The van der Waals surface area contributed by atoms with Gasteiger partial charge in [-0.25, -0.2) is 14.5 Å². The molecule has 0 saturated carbocycles. The minimum Gasteiger partial charge on any atom is -0.390 e. The Morgan fingerprint density at radius 2 is 1.67 bits per heavy atom. The molecule has 36 heavy (non-hydrogen) atoms. The molecule has 4 N–H and O–H groups in total. The van der Waals surface area contributed by atoms with Crippen LogP contribution in [0.2, 0.25) is 0 Å². The van der Waals surface area contributed by atoms with E-state index in [-0.39, 0.29) is 18.7 Å². The van der Waals surface area contributed by atoms with Gasteiger partial charge in [0.05, 0.1) is 5.60 Å². The number of urea groups is 2. The maximum absolute atomic E-state index is 13.6. The van der Waals surface area contributed by atoms with E-state index < -0.39 is 40.9 Å². The molecule has 0 bridgehead atoms. The van der Waals surface area contributed by atoms with Crippen LogP contribution in [0.15, 0.2) is 0 Å². The first-order valence-corrected chi connectivity index (χ1v) is 13.0. The summed E-state index contributed by atoms with van der Waals surface area (Å²) in [6.45, 7) is 5.43. The Hall–Kier alpha value is -2.38. The fourth-order valence-corrected chi connectivity index (χ4v) is 4.41. The van der Waals surface area contributed by atoms with Crippen molar-refractivity contribution in [3.8, 4) is 0 Å². The van der Waals surface area contributed by atoms with Crippen LogP contribution >= 0.6 is 11.8 Å². The highest BCUT2D eigenvalue weighted by Gasteiger charge is 2.38. The summed E-state index contributed by atoms with van der Waals surface area (Å²) in [6, 6.07) is -3.39. The summed E-state index contributed by atoms with van der Waals surface area (Å²) in [7, 11) is 5.65. The van der Waals surface area contributed by atoms with E-state index in [2.05, 4.69) is 0 Å². The number of nitrogens with two attached hydrogens (primary N) is 1. The van der Waals surface area contributed by atoms with E-state index >= 15 is 0 Å². The number of methoxy groups -OCH3 is 1. The first kappa shape index (κ1) is 33.6. The quantitative estimate of drug-likeness (QED) is 0.210. The zero-order valence-corrected chi connectivity index (χ0v) is 23.4. The highest BCUT2D eigenvalue weighted by atomic mass is 32.2. The number of likely N-dealkylation sites (N-methyl/N-ethyl adjacent to an activating group) is 2. The summed E-state index contributed by atoms with van der Waals surface area (Å²) in [4.78, 5) is 65.6. The molecular formula is C23H43N5O7S. The van der Waals surface area contributed by atoms with Crippen LogP contribution in [0.3, 0.4) is 0 Å². The number of imide groups is 2. The standard InChI is InChI=1S/C23H43N5O7S/c1-8-12-17(29)27(5)20(36-14-11-9-10-13-35-7)19(31)26(4)16(15-23(2,3)34)18(30)25-22(33)28(6)21(24)32/h16,20,34H,8-15H2,1-7H3,(H2,24,32)(H,25,30,33)/t16-,20+/m0/s1. The van der Waals surface area contributed by atoms with Gasteiger partial charge in [-0.1, -0.05) is 13.3 Å². The largest absolute Gasteiger partial charge is 0.390 e. The first-order chi connectivity index (χ1) is 16.7. The Morgan fingerprint density at radius 3 is 2.17 bits per heavy atom. The average Bonchev–Trinajstić information content (AvgIpc) is 2.79. The SMILES string of the molecule is CCCC(=O)N(C)[C@H](SCCCCCOC)C(=O)N(C)[C@@H](CC(C)(C)O)C(=O)NC(=O)N(C)C(N)=O. The van der Waals surface area contributed by atoms with Gasteiger partial charge in [0.1, 0.15) is 6.04 Å². The summed E-state index contributed by atoms with van der Waals surface area (Å²) >= 11 is 1.29. The summed E-state index contributed by atoms with van der Waals surface area (Å²) in [5.41, 5.74) is 3.70. The van der Waals surface area contributed by atoms with Gasteiger partial charge in [0.25, 0.3) is 11.8 Å². The third-order valence-corrected chi connectivity index (χ3v) is 6.72. The van der Waals surface area contributed by atoms with Gasteiger partial charge in [-0.05, 0) is 38.9 Å². The summed E-state index contributed by atoms with van der Waals surface area (Å²) in [6.07, 6.45) is 3.25. The fourth-order valence-electron chi connectivity index (χ4n) is 3.17. The molecule has 0 aliphatic heterocycles. The van der Waals surface area contributed by atoms with Crippen LogP contribution < -0.4 is 11.1 Å². The summed E-state index contributed by atoms with van der Waals surface area (Å²) in [5, 5.41) is 11.5. The van der Waals surface area contributed by atoms with Crippen molar-refractivity contribution in [2.45, 2.75) is 76.3 Å². The highest BCUT2D eigenvalue weighted by Crippen LogP contribution is 2.23. The molecule has 0 aromatic heterocycles. The van der Waals surface area contributed by atoms with Crippen LogP contribution in [0, 0.1) is 0 Å². The number of ether oxygens (including phenoxy) is 1. The molecule has 12 nitrogen and oxygen atoms in total. The number of carbonyl (C=O) groups excluding carboxylic acids is 5. The Kier molecular flexibility index (Phi) is 15.3. The number of nitrogens with one attached hydrogen (secondary N) is 1. The van der Waals surface area contributed by atoms with Crippen molar-refractivity contribution in [3.05, 3.63) is 0 Å². The molecule has 0 spiro atoms. The molecule has 0 heterocycles. The Bertz CT molecular complexity index is 760. The number of hydrogen-bond donors (Lipinski definition) is 3. The second kappa shape index (κ2) is 16.4. The molecule has 0 fully saturated rings. The van der Waals surface area contributed by atoms with Crippen LogP contribution in [0.25, 0.3) is 0 Å². The topological polar surface area (TPSA) is 163 Å². The molecule has 0 aliphatic carbocycles. The van der Waals surface area contributed by atoms with Crippen molar-refractivity contribution in [2.75, 3.05) is 40.6 Å². The van der Waals surface area contributed by atoms with Crippen molar-refractivity contribution in [1.29, 1.82) is 0 Å². The van der Waals surface area contributed by atoms with Gasteiger partial charge >= 0.3 is 12.1 Å². The maximum Gasteiger partial charge on any atom is 0.331 e. The lowest BCUT2D eigenvalue weighted by atomic mass is 9.97. The number of carbonyl (C=O) groups is 5. The molecule has 7 amide bonds. The van der Waals surface area contributed by atoms with Gasteiger partial charge in [0.2, 0.25) is 5.91 Å². The third-order valence-electron chi connectivity index (χ3n) is 5.36. The third kappa shape index (κ3) is 12.0. The Morgan fingerprint density at radius 1 is 1.06 bits per heavy atom. The molecule has 0 aromatic carbocycles. The minimum absolute atomic E-state index is 0.199. The van der Waals surface area contributed by atoms with E-state index in [1.165, 1.54) is 37.6 Å². The number of primary amides is 1. The predicted octanol–water partition coefficient (Wildman–Crippen LogP) is 1.36. The van der Waals surface area contributed by atoms with Crippen molar-refractivity contribution in [2.24, 2.45) is 5.73 Å². The highest BCUT2D eigenvalue weighted by molar-refractivity contribution is 8.00. The lowest BCUT2D eigenvalue weighted by Gasteiger charge is -2.36. The Balaban J connectivity index is 5.81. The van der Waals surface area contributed by atoms with Crippen molar-refractivity contribution >= 4 is 41.5 Å². The fraction of sp³-hybridized carbons (Fsp3) is 0.783. The number of nitrogens with zero attached hydrogens (tertiary/aromatic N) is 3. The molecule has 0 rings (SSSR count). The van der Waals surface area contributed by atoms with Gasteiger partial charge in [-0.15, -0.1) is 11.8 Å². The van der Waals surface area contributed by atoms with Gasteiger partial charge in [0, 0.05) is 47.7 Å². The van der Waals surface area contributed by atoms with E-state index in [0.29, 0.717) is 23.7 Å². The molecule has 0 aliphatic rings. The molecular weight excluding hydrogens is 490 g/mol. The monoisotopic (exact) mass is 533 g/mol. The van der Waals surface area contributed by atoms with Crippen molar-refractivity contribution < 1.29 is 33.8 Å². The molecule has 208 valence electrons. The van der Waals surface area contributed by atoms with Gasteiger partial charge in [-0.3, -0.25) is 19.7 Å². The van der Waals surface area contributed by atoms with Crippen LogP contribution in [0.1, 0.15) is 59.3 Å². The number of thioether (sulfide) groups is 1.